The Morgan fingerprint density at radius 1 is 1.21 bits per heavy atom. The third kappa shape index (κ3) is 6.00. The van der Waals surface area contributed by atoms with Gasteiger partial charge in [0.05, 0.1) is 11.3 Å². The molecule has 0 saturated carbocycles. The van der Waals surface area contributed by atoms with Crippen molar-refractivity contribution in [2.45, 2.75) is 32.2 Å². The predicted molar refractivity (Wildman–Crippen MR) is 149 cm³/mol. The predicted octanol–water partition coefficient (Wildman–Crippen LogP) is 4.57. The van der Waals surface area contributed by atoms with Crippen LogP contribution < -0.4 is 16.4 Å². The highest BCUT2D eigenvalue weighted by atomic mass is 16.5. The Morgan fingerprint density at radius 2 is 2.03 bits per heavy atom. The van der Waals surface area contributed by atoms with E-state index in [1.54, 1.807) is 6.07 Å². The van der Waals surface area contributed by atoms with Crippen molar-refractivity contribution in [3.63, 3.8) is 0 Å². The minimum absolute atomic E-state index is 0.0267. The summed E-state index contributed by atoms with van der Waals surface area (Å²) in [6.07, 6.45) is 7.63. The van der Waals surface area contributed by atoms with Gasteiger partial charge in [0.25, 0.3) is 5.91 Å². The Bertz CT molecular complexity index is 1410. The van der Waals surface area contributed by atoms with Crippen LogP contribution >= 0.6 is 0 Å². The van der Waals surface area contributed by atoms with E-state index in [1.807, 2.05) is 42.5 Å². The number of rotatable bonds is 8. The number of anilines is 3. The quantitative estimate of drug-likeness (QED) is 0.256. The summed E-state index contributed by atoms with van der Waals surface area (Å²) in [5.74, 6) is 2.02. The smallest absolute Gasteiger partial charge is 0.258 e. The highest BCUT2D eigenvalue weighted by Crippen LogP contribution is 2.31. The molecule has 1 unspecified atom stereocenters. The van der Waals surface area contributed by atoms with Crippen LogP contribution in [0.25, 0.3) is 16.5 Å². The van der Waals surface area contributed by atoms with Crippen LogP contribution in [0.4, 0.5) is 17.2 Å². The van der Waals surface area contributed by atoms with Gasteiger partial charge < -0.3 is 31.3 Å². The number of carbonyl (C=O) groups is 1. The molecule has 1 aliphatic carbocycles. The molecule has 2 aromatic carbocycles. The SMILES string of the molecule is CC1C=C(c2nc(Nc3ccc(N)c(C=N)c3)c3ccccc3n2)C=C(OCC(=O)NC2CCOCC2)C1. The highest BCUT2D eigenvalue weighted by molar-refractivity contribution is 5.93. The normalized spacial score (nSPS) is 17.9. The number of nitrogens with one attached hydrogen (secondary N) is 3. The van der Waals surface area contributed by atoms with Gasteiger partial charge in [0, 0.05) is 59.8 Å². The zero-order valence-corrected chi connectivity index (χ0v) is 21.4. The lowest BCUT2D eigenvalue weighted by atomic mass is 9.96. The van der Waals surface area contributed by atoms with Crippen molar-refractivity contribution in [2.75, 3.05) is 30.9 Å². The molecular weight excluding hydrogens is 480 g/mol. The molecule has 3 aromatic rings. The van der Waals surface area contributed by atoms with Gasteiger partial charge in [0.2, 0.25) is 0 Å². The third-order valence-electron chi connectivity index (χ3n) is 6.65. The van der Waals surface area contributed by atoms with E-state index in [-0.39, 0.29) is 24.5 Å². The zero-order valence-electron chi connectivity index (χ0n) is 21.4. The maximum absolute atomic E-state index is 12.4. The number of aromatic nitrogens is 2. The Hall–Kier alpha value is -4.24. The molecule has 1 fully saturated rings. The number of nitrogens with two attached hydrogens (primary N) is 1. The number of ether oxygens (including phenoxy) is 2. The Kier molecular flexibility index (Phi) is 7.65. The monoisotopic (exact) mass is 512 g/mol. The van der Waals surface area contributed by atoms with Crippen LogP contribution in [0.5, 0.6) is 0 Å². The van der Waals surface area contributed by atoms with Crippen LogP contribution in [0, 0.1) is 11.3 Å². The number of nitrogens with zero attached hydrogens (tertiary/aromatic N) is 2. The Morgan fingerprint density at radius 3 is 2.84 bits per heavy atom. The molecule has 0 spiro atoms. The second-order valence-electron chi connectivity index (χ2n) is 9.68. The molecule has 1 aromatic heterocycles. The first-order valence-electron chi connectivity index (χ1n) is 12.8. The molecule has 9 nitrogen and oxygen atoms in total. The number of allylic oxidation sites excluding steroid dienone is 4. The fourth-order valence-electron chi connectivity index (χ4n) is 4.69. The number of para-hydroxylation sites is 1. The molecule has 1 saturated heterocycles. The molecule has 9 heteroatoms. The van der Waals surface area contributed by atoms with Gasteiger partial charge in [-0.05, 0) is 55.2 Å². The summed E-state index contributed by atoms with van der Waals surface area (Å²) in [7, 11) is 0. The third-order valence-corrected chi connectivity index (χ3v) is 6.65. The molecule has 0 radical (unpaired) electrons. The van der Waals surface area contributed by atoms with Gasteiger partial charge in [0.15, 0.2) is 12.4 Å². The topological polar surface area (TPSA) is 135 Å². The second-order valence-corrected chi connectivity index (χ2v) is 9.68. The van der Waals surface area contributed by atoms with E-state index < -0.39 is 0 Å². The first kappa shape index (κ1) is 25.4. The molecule has 1 amide bonds. The van der Waals surface area contributed by atoms with Gasteiger partial charge in [-0.15, -0.1) is 0 Å². The number of benzene rings is 2. The van der Waals surface area contributed by atoms with Gasteiger partial charge >= 0.3 is 0 Å². The van der Waals surface area contributed by atoms with Gasteiger partial charge in [-0.25, -0.2) is 9.97 Å². The summed E-state index contributed by atoms with van der Waals surface area (Å²) >= 11 is 0. The van der Waals surface area contributed by atoms with Crippen LogP contribution in [0.1, 0.15) is 37.6 Å². The largest absolute Gasteiger partial charge is 0.488 e. The van der Waals surface area contributed by atoms with E-state index in [9.17, 15) is 4.79 Å². The maximum Gasteiger partial charge on any atom is 0.258 e. The highest BCUT2D eigenvalue weighted by Gasteiger charge is 2.20. The average molecular weight is 513 g/mol. The average Bonchev–Trinajstić information content (AvgIpc) is 2.93. The van der Waals surface area contributed by atoms with E-state index in [0.29, 0.717) is 42.5 Å². The first-order valence-corrected chi connectivity index (χ1v) is 12.8. The van der Waals surface area contributed by atoms with E-state index >= 15 is 0 Å². The molecule has 196 valence electrons. The summed E-state index contributed by atoms with van der Waals surface area (Å²) in [5.41, 5.74) is 9.54. The van der Waals surface area contributed by atoms with Crippen LogP contribution in [0.15, 0.2) is 60.4 Å². The minimum atomic E-state index is -0.122. The zero-order chi connectivity index (χ0) is 26.5. The van der Waals surface area contributed by atoms with E-state index in [1.165, 1.54) is 6.21 Å². The molecule has 2 heterocycles. The van der Waals surface area contributed by atoms with Crippen molar-refractivity contribution in [3.8, 4) is 0 Å². The molecule has 5 rings (SSSR count). The lowest BCUT2D eigenvalue weighted by Gasteiger charge is -2.24. The van der Waals surface area contributed by atoms with Crippen LogP contribution in [0.2, 0.25) is 0 Å². The van der Waals surface area contributed by atoms with E-state index in [0.717, 1.165) is 40.8 Å². The molecule has 0 bridgehead atoms. The summed E-state index contributed by atoms with van der Waals surface area (Å²) in [4.78, 5) is 22.1. The summed E-state index contributed by atoms with van der Waals surface area (Å²) in [6.45, 7) is 3.42. The lowest BCUT2D eigenvalue weighted by molar-refractivity contribution is -0.125. The minimum Gasteiger partial charge on any atom is -0.488 e. The van der Waals surface area contributed by atoms with Crippen LogP contribution in [-0.4, -0.2) is 48.0 Å². The standard InChI is InChI=1S/C29H32N6O3/c1-18-12-19(15-23(13-18)38-17-27(36)32-21-8-10-37-11-9-21)28-34-26-5-3-2-4-24(26)29(35-28)33-22-6-7-25(31)20(14-22)16-30/h2-7,12,14-16,18,21,30H,8-11,13,17,31H2,1H3,(H,32,36)(H,33,34,35). The molecule has 38 heavy (non-hydrogen) atoms. The molecular formula is C29H32N6O3. The van der Waals surface area contributed by atoms with E-state index in [2.05, 4.69) is 23.6 Å². The van der Waals surface area contributed by atoms with Crippen LogP contribution in [-0.2, 0) is 14.3 Å². The summed E-state index contributed by atoms with van der Waals surface area (Å²) in [5, 5.41) is 14.9. The Balaban J connectivity index is 1.38. The second kappa shape index (κ2) is 11.4. The maximum atomic E-state index is 12.4. The fourth-order valence-corrected chi connectivity index (χ4v) is 4.69. The number of fused-ring (bicyclic) bond motifs is 1. The van der Waals surface area contributed by atoms with Gasteiger partial charge in [0.1, 0.15) is 5.82 Å². The van der Waals surface area contributed by atoms with E-state index in [4.69, 9.17) is 30.6 Å². The van der Waals surface area contributed by atoms with Crippen molar-refractivity contribution >= 4 is 45.8 Å². The first-order chi connectivity index (χ1) is 18.5. The molecule has 2 aliphatic rings. The number of amides is 1. The fraction of sp³-hybridized carbons (Fsp3) is 0.310. The summed E-state index contributed by atoms with van der Waals surface area (Å²) < 4.78 is 11.3. The molecule has 1 atom stereocenters. The number of hydrogen-bond acceptors (Lipinski definition) is 8. The van der Waals surface area contributed by atoms with Gasteiger partial charge in [-0.1, -0.05) is 25.1 Å². The Labute approximate surface area is 221 Å². The molecule has 1 aliphatic heterocycles. The van der Waals surface area contributed by atoms with Crippen LogP contribution in [0.3, 0.4) is 0 Å². The number of hydrogen-bond donors (Lipinski definition) is 4. The van der Waals surface area contributed by atoms with Gasteiger partial charge in [-0.2, -0.15) is 0 Å². The van der Waals surface area contributed by atoms with Crippen molar-refractivity contribution < 1.29 is 14.3 Å². The van der Waals surface area contributed by atoms with Crippen molar-refractivity contribution in [1.82, 2.24) is 15.3 Å². The van der Waals surface area contributed by atoms with Crippen molar-refractivity contribution in [2.24, 2.45) is 5.92 Å². The van der Waals surface area contributed by atoms with Crippen molar-refractivity contribution in [1.29, 1.82) is 5.41 Å². The molecule has 5 N–H and O–H groups in total. The lowest BCUT2D eigenvalue weighted by Crippen LogP contribution is -2.40. The number of carbonyl (C=O) groups excluding carboxylic acids is 1. The van der Waals surface area contributed by atoms with Gasteiger partial charge in [-0.3, -0.25) is 4.79 Å². The van der Waals surface area contributed by atoms with Crippen molar-refractivity contribution in [3.05, 3.63) is 71.8 Å². The number of nitrogen functional groups attached to an aromatic ring is 1. The summed E-state index contributed by atoms with van der Waals surface area (Å²) in [6, 6.07) is 13.4.